The summed E-state index contributed by atoms with van der Waals surface area (Å²) in [4.78, 5) is 84.0. The number of aliphatic hydroxyl groups is 3. The van der Waals surface area contributed by atoms with E-state index in [9.17, 15) is 39.3 Å². The van der Waals surface area contributed by atoms with Crippen LogP contribution in [0.1, 0.15) is 103 Å². The van der Waals surface area contributed by atoms with Gasteiger partial charge in [0.1, 0.15) is 47.6 Å². The van der Waals surface area contributed by atoms with E-state index >= 15 is 4.79 Å². The van der Waals surface area contributed by atoms with Crippen molar-refractivity contribution in [3.8, 4) is 0 Å². The van der Waals surface area contributed by atoms with Crippen LogP contribution >= 0.6 is 21.6 Å². The minimum atomic E-state index is -2.44. The predicted molar refractivity (Wildman–Crippen MR) is 227 cm³/mol. The Morgan fingerprint density at radius 1 is 1.06 bits per heavy atom. The maximum Gasteiger partial charge on any atom is 0.408 e. The van der Waals surface area contributed by atoms with Crippen LogP contribution in [-0.2, 0) is 47.6 Å². The average Bonchev–Trinajstić information content (AvgIpc) is 3.95. The second-order valence-corrected chi connectivity index (χ2v) is 21.1. The van der Waals surface area contributed by atoms with E-state index in [0.717, 1.165) is 13.2 Å². The fourth-order valence-electron chi connectivity index (χ4n) is 9.76. The van der Waals surface area contributed by atoms with Crippen LogP contribution in [0.3, 0.4) is 0 Å². The van der Waals surface area contributed by atoms with Crippen molar-refractivity contribution in [3.63, 3.8) is 0 Å². The zero-order valence-corrected chi connectivity index (χ0v) is 38.8. The van der Waals surface area contributed by atoms with Crippen LogP contribution < -0.4 is 5.32 Å². The lowest BCUT2D eigenvalue weighted by Gasteiger charge is -2.67. The molecule has 2 aromatic rings. The van der Waals surface area contributed by atoms with E-state index in [1.165, 1.54) is 66.2 Å². The van der Waals surface area contributed by atoms with E-state index in [2.05, 4.69) is 5.32 Å². The maximum absolute atomic E-state index is 15.7. The van der Waals surface area contributed by atoms with Crippen LogP contribution in [0.2, 0.25) is 0 Å². The third-order valence-corrected chi connectivity index (χ3v) is 14.9. The summed E-state index contributed by atoms with van der Waals surface area (Å²) >= 11 is 0. The number of carbonyl (C=O) groups is 6. The van der Waals surface area contributed by atoms with Gasteiger partial charge >= 0.3 is 30.0 Å². The second kappa shape index (κ2) is 18.5. The Hall–Kier alpha value is -4.34. The molecule has 0 aromatic carbocycles. The van der Waals surface area contributed by atoms with Gasteiger partial charge in [0, 0.05) is 37.4 Å². The first-order valence-corrected chi connectivity index (χ1v) is 23.6. The molecule has 1 amide bonds. The third kappa shape index (κ3) is 8.97. The van der Waals surface area contributed by atoms with E-state index < -0.39 is 118 Å². The van der Waals surface area contributed by atoms with E-state index in [1.54, 1.807) is 34.6 Å². The minimum Gasteiger partial charge on any atom is -0.472 e. The molecular weight excluding hydrogens is 879 g/mol. The molecule has 352 valence electrons. The van der Waals surface area contributed by atoms with Gasteiger partial charge in [-0.2, -0.15) is 0 Å². The van der Waals surface area contributed by atoms with E-state index in [4.69, 9.17) is 37.3 Å². The number of alkyl carbamates (subject to hydrolysis) is 1. The molecule has 11 atom stereocenters. The lowest BCUT2D eigenvalue weighted by Crippen LogP contribution is -2.82. The Bertz CT molecular complexity index is 2110. The number of aliphatic hydroxyl groups excluding tert-OH is 2. The largest absolute Gasteiger partial charge is 0.472 e. The molecule has 64 heavy (non-hydrogen) atoms. The van der Waals surface area contributed by atoms with Gasteiger partial charge < -0.3 is 57.9 Å². The van der Waals surface area contributed by atoms with Gasteiger partial charge in [-0.1, -0.05) is 35.4 Å². The first-order valence-electron chi connectivity index (χ1n) is 20.9. The standard InChI is InChI=1S/C44H57NO17S2/c1-22-26(58-38(52)32(49)31(25-12-10-15-56-25)45-39(53)62-40(3,4)5)19-44(54)36(60-37(51)24-14-16-55-20-24)34-42(8,27(47)18-28-43(34,21-57-28)61-23(2)46)35(50)33(30(22)41(44,6)7)59-29(48)13-11-17-64-63-9/h10,12,14-16,20,26-28,31-34,36,47,49,54H,11,13,17-19,21H2,1-9H3,(H,45,53)/t26-,27-,28+,31-,32+,33+,34-,36-,42+,43-,44+/m0/s1. The summed E-state index contributed by atoms with van der Waals surface area (Å²) in [7, 11) is 3.03. The number of nitrogens with one attached hydrogen (secondary N) is 1. The first-order chi connectivity index (χ1) is 29.9. The van der Waals surface area contributed by atoms with Gasteiger partial charge in [-0.05, 0) is 76.6 Å². The van der Waals surface area contributed by atoms with Crippen molar-refractivity contribution in [2.75, 3.05) is 18.6 Å². The average molecular weight is 936 g/mol. The molecule has 0 unspecified atom stereocenters. The smallest absolute Gasteiger partial charge is 0.408 e. The number of rotatable bonds is 14. The number of Topliss-reactive ketones (excluding diaryl/α,β-unsaturated/α-hetero) is 1. The zero-order chi connectivity index (χ0) is 47.2. The number of fused-ring (bicyclic) bond motifs is 5. The Morgan fingerprint density at radius 2 is 1.78 bits per heavy atom. The van der Waals surface area contributed by atoms with Crippen LogP contribution in [0.5, 0.6) is 0 Å². The van der Waals surface area contributed by atoms with E-state index in [1.807, 2.05) is 6.26 Å². The number of furan rings is 2. The predicted octanol–water partition coefficient (Wildman–Crippen LogP) is 4.79. The highest BCUT2D eigenvalue weighted by Crippen LogP contribution is 2.64. The van der Waals surface area contributed by atoms with E-state index in [0.29, 0.717) is 12.2 Å². The summed E-state index contributed by atoms with van der Waals surface area (Å²) in [5.74, 6) is -5.84. The van der Waals surface area contributed by atoms with Crippen LogP contribution in [0.25, 0.3) is 0 Å². The van der Waals surface area contributed by atoms with Gasteiger partial charge in [0.05, 0.1) is 42.1 Å². The number of ether oxygens (including phenoxy) is 6. The first kappa shape index (κ1) is 49.1. The Kier molecular flexibility index (Phi) is 14.2. The van der Waals surface area contributed by atoms with Crippen molar-refractivity contribution >= 4 is 57.3 Å². The highest BCUT2D eigenvalue weighted by atomic mass is 33.1. The summed E-state index contributed by atoms with van der Waals surface area (Å²) in [5, 5.41) is 39.9. The van der Waals surface area contributed by atoms with Gasteiger partial charge in [0.15, 0.2) is 23.6 Å². The normalized spacial score (nSPS) is 31.7. The summed E-state index contributed by atoms with van der Waals surface area (Å²) in [6.07, 6.45) is -6.15. The monoisotopic (exact) mass is 935 g/mol. The molecule has 4 N–H and O–H groups in total. The van der Waals surface area contributed by atoms with Crippen molar-refractivity contribution < 1.29 is 81.3 Å². The second-order valence-electron chi connectivity index (χ2n) is 18.4. The van der Waals surface area contributed by atoms with Crippen molar-refractivity contribution in [1.29, 1.82) is 0 Å². The van der Waals surface area contributed by atoms with Crippen molar-refractivity contribution in [2.24, 2.45) is 16.7 Å². The van der Waals surface area contributed by atoms with Crippen LogP contribution in [0.15, 0.2) is 57.0 Å². The number of ketones is 1. The molecule has 2 saturated carbocycles. The quantitative estimate of drug-likeness (QED) is 0.0653. The summed E-state index contributed by atoms with van der Waals surface area (Å²) in [6, 6.07) is 2.64. The van der Waals surface area contributed by atoms with Crippen LogP contribution in [0, 0.1) is 16.7 Å². The van der Waals surface area contributed by atoms with Crippen LogP contribution in [0.4, 0.5) is 4.79 Å². The molecule has 2 bridgehead atoms. The Labute approximate surface area is 378 Å². The zero-order valence-electron chi connectivity index (χ0n) is 37.2. The number of hydrogen-bond acceptors (Lipinski definition) is 19. The molecule has 2 aromatic heterocycles. The number of hydrogen-bond donors (Lipinski definition) is 4. The molecule has 3 heterocycles. The van der Waals surface area contributed by atoms with Gasteiger partial charge in [0.2, 0.25) is 0 Å². The summed E-state index contributed by atoms with van der Waals surface area (Å²) in [6.45, 7) is 11.7. The molecule has 3 fully saturated rings. The fourth-order valence-corrected chi connectivity index (χ4v) is 11.0. The lowest BCUT2D eigenvalue weighted by molar-refractivity contribution is -0.346. The Morgan fingerprint density at radius 3 is 2.36 bits per heavy atom. The van der Waals surface area contributed by atoms with Gasteiger partial charge in [-0.15, -0.1) is 0 Å². The molecule has 0 spiro atoms. The molecule has 0 radical (unpaired) electrons. The topological polar surface area (TPSA) is 257 Å². The van der Waals surface area contributed by atoms with Crippen molar-refractivity contribution in [3.05, 3.63) is 59.5 Å². The van der Waals surface area contributed by atoms with E-state index in [-0.39, 0.29) is 41.9 Å². The maximum atomic E-state index is 15.7. The third-order valence-electron chi connectivity index (χ3n) is 13.0. The molecule has 3 aliphatic carbocycles. The number of carbonyl (C=O) groups excluding carboxylic acids is 6. The fraction of sp³-hybridized carbons (Fsp3) is 0.636. The van der Waals surface area contributed by atoms with Gasteiger partial charge in [-0.25, -0.2) is 14.4 Å². The van der Waals surface area contributed by atoms with Crippen molar-refractivity contribution in [1.82, 2.24) is 5.32 Å². The molecule has 6 rings (SSSR count). The Balaban J connectivity index is 1.53. The summed E-state index contributed by atoms with van der Waals surface area (Å²) in [5.41, 5.74) is -8.97. The molecule has 4 aliphatic rings. The molecule has 1 saturated heterocycles. The molecule has 18 nitrogen and oxygen atoms in total. The van der Waals surface area contributed by atoms with Gasteiger partial charge in [-0.3, -0.25) is 14.4 Å². The number of amides is 1. The highest BCUT2D eigenvalue weighted by molar-refractivity contribution is 8.76. The highest BCUT2D eigenvalue weighted by Gasteiger charge is 2.78. The number of esters is 4. The lowest BCUT2D eigenvalue weighted by atomic mass is 9.44. The summed E-state index contributed by atoms with van der Waals surface area (Å²) < 4.78 is 46.5. The SMILES string of the molecule is CSSCCCC(=O)O[C@H]1C(=O)[C@@]2(C)[C@H]([C@H](OC(=O)c3ccoc3)[C@]3(O)C[C@H](OC(=O)[C@H](O)[C@@H](NC(=O)OC(C)(C)C)c4ccco4)C(C)=C1C3(C)C)[C@]1(OC(C)=O)CO[C@@H]1C[C@@H]2O. The molecule has 1 aliphatic heterocycles. The molecule has 20 heteroatoms. The van der Waals surface area contributed by atoms with Crippen LogP contribution in [-0.4, -0.2) is 123 Å². The van der Waals surface area contributed by atoms with Crippen molar-refractivity contribution in [2.45, 2.75) is 141 Å². The van der Waals surface area contributed by atoms with Gasteiger partial charge in [0.25, 0.3) is 0 Å². The molecular formula is C44H57NO17S2. The minimum absolute atomic E-state index is 0.0235.